The minimum Gasteiger partial charge on any atom is -0.324 e. The van der Waals surface area contributed by atoms with Gasteiger partial charge in [0, 0.05) is 13.1 Å². The molecule has 0 aliphatic carbocycles. The minimum absolute atomic E-state index is 0.196. The Bertz CT molecular complexity index is 138. The molecule has 0 aromatic heterocycles. The molecule has 0 radical (unpaired) electrons. The molecule has 0 aromatic carbocycles. The van der Waals surface area contributed by atoms with Gasteiger partial charge in [-0.05, 0) is 12.8 Å². The first kappa shape index (κ1) is 11.2. The molecule has 4 heteroatoms. The predicted octanol–water partition coefficient (Wildman–Crippen LogP) is 0.938. The van der Waals surface area contributed by atoms with Crippen LogP contribution in [0.3, 0.4) is 0 Å². The molecule has 12 heavy (non-hydrogen) atoms. The summed E-state index contributed by atoms with van der Waals surface area (Å²) in [5.74, 6) is 5.55. The van der Waals surface area contributed by atoms with Gasteiger partial charge in [-0.15, -0.1) is 0 Å². The average molecular weight is 173 g/mol. The van der Waals surface area contributed by atoms with Crippen molar-refractivity contribution in [3.63, 3.8) is 0 Å². The van der Waals surface area contributed by atoms with Gasteiger partial charge in [-0.2, -0.15) is 0 Å². The summed E-state index contributed by atoms with van der Waals surface area (Å²) in [5, 5.41) is 0. The smallest absolute Gasteiger partial charge is 0.324 e. The fourth-order valence-corrected chi connectivity index (χ4v) is 0.952. The molecule has 0 saturated carbocycles. The highest BCUT2D eigenvalue weighted by Gasteiger charge is 2.11. The summed E-state index contributed by atoms with van der Waals surface area (Å²) in [6, 6.07) is -0.196. The Morgan fingerprint density at radius 1 is 1.58 bits per heavy atom. The van der Waals surface area contributed by atoms with E-state index < -0.39 is 0 Å². The molecular weight excluding hydrogens is 154 g/mol. The van der Waals surface area contributed by atoms with Crippen LogP contribution in [0.2, 0.25) is 0 Å². The Morgan fingerprint density at radius 2 is 2.17 bits per heavy atom. The van der Waals surface area contributed by atoms with Gasteiger partial charge in [-0.25, -0.2) is 10.6 Å². The number of amides is 2. The Balaban J connectivity index is 3.90. The van der Waals surface area contributed by atoms with Crippen molar-refractivity contribution in [3.05, 3.63) is 0 Å². The van der Waals surface area contributed by atoms with Gasteiger partial charge in [0.05, 0.1) is 0 Å². The summed E-state index contributed by atoms with van der Waals surface area (Å²) < 4.78 is 0. The van der Waals surface area contributed by atoms with Crippen molar-refractivity contribution in [3.8, 4) is 0 Å². The van der Waals surface area contributed by atoms with E-state index in [1.165, 1.54) is 0 Å². The molecule has 0 aliphatic rings. The van der Waals surface area contributed by atoms with Crippen molar-refractivity contribution >= 4 is 6.03 Å². The maximum atomic E-state index is 11.1. The highest BCUT2D eigenvalue weighted by Crippen LogP contribution is 2.03. The number of nitrogens with two attached hydrogens (primary N) is 1. The molecule has 0 bridgehead atoms. The summed E-state index contributed by atoms with van der Waals surface area (Å²) in [4.78, 5) is 12.8. The van der Waals surface area contributed by atoms with Crippen LogP contribution in [0.15, 0.2) is 0 Å². The number of rotatable bonds is 4. The molecular formula is C8H19N3O. The van der Waals surface area contributed by atoms with Crippen LogP contribution in [0.1, 0.15) is 27.2 Å². The Labute approximate surface area is 74.1 Å². The third-order valence-electron chi connectivity index (χ3n) is 2.02. The number of carbonyl (C=O) groups is 1. The number of carbonyl (C=O) groups excluding carboxylic acids is 1. The number of hydrogen-bond donors (Lipinski definition) is 2. The van der Waals surface area contributed by atoms with Crippen molar-refractivity contribution in [1.82, 2.24) is 10.3 Å². The predicted molar refractivity (Wildman–Crippen MR) is 49.4 cm³/mol. The third-order valence-corrected chi connectivity index (χ3v) is 2.02. The van der Waals surface area contributed by atoms with E-state index in [1.807, 2.05) is 6.92 Å². The molecule has 4 nitrogen and oxygen atoms in total. The molecule has 0 aliphatic heterocycles. The van der Waals surface area contributed by atoms with Crippen molar-refractivity contribution < 1.29 is 4.79 Å². The summed E-state index contributed by atoms with van der Waals surface area (Å²) in [7, 11) is 0. The standard InChI is InChI=1S/C8H19N3O/c1-4-7(3)6-11(5-2)8(12)10-9/h7H,4-6,9H2,1-3H3,(H,10,12). The van der Waals surface area contributed by atoms with E-state index in [4.69, 9.17) is 5.84 Å². The molecule has 72 valence electrons. The second kappa shape index (κ2) is 5.83. The Hall–Kier alpha value is -0.770. The maximum Gasteiger partial charge on any atom is 0.331 e. The molecule has 0 rings (SSSR count). The highest BCUT2D eigenvalue weighted by atomic mass is 16.2. The van der Waals surface area contributed by atoms with E-state index >= 15 is 0 Å². The van der Waals surface area contributed by atoms with E-state index in [9.17, 15) is 4.79 Å². The van der Waals surface area contributed by atoms with Gasteiger partial charge in [0.1, 0.15) is 0 Å². The zero-order valence-corrected chi connectivity index (χ0v) is 8.13. The molecule has 2 amide bonds. The zero-order valence-electron chi connectivity index (χ0n) is 8.13. The molecule has 0 spiro atoms. The monoisotopic (exact) mass is 173 g/mol. The van der Waals surface area contributed by atoms with Gasteiger partial charge >= 0.3 is 6.03 Å². The van der Waals surface area contributed by atoms with Crippen molar-refractivity contribution in [1.29, 1.82) is 0 Å². The van der Waals surface area contributed by atoms with Crippen LogP contribution < -0.4 is 11.3 Å². The van der Waals surface area contributed by atoms with Crippen LogP contribution in [0, 0.1) is 5.92 Å². The molecule has 1 atom stereocenters. The van der Waals surface area contributed by atoms with Crippen molar-refractivity contribution in [2.24, 2.45) is 11.8 Å². The van der Waals surface area contributed by atoms with Gasteiger partial charge in [-0.3, -0.25) is 5.43 Å². The minimum atomic E-state index is -0.196. The largest absolute Gasteiger partial charge is 0.331 e. The quantitative estimate of drug-likeness (QED) is 0.377. The number of urea groups is 1. The van der Waals surface area contributed by atoms with E-state index in [0.29, 0.717) is 12.5 Å². The average Bonchev–Trinajstić information content (AvgIpc) is 2.12. The van der Waals surface area contributed by atoms with E-state index in [0.717, 1.165) is 13.0 Å². The second-order valence-electron chi connectivity index (χ2n) is 3.00. The lowest BCUT2D eigenvalue weighted by molar-refractivity contribution is 0.192. The van der Waals surface area contributed by atoms with Crippen LogP contribution in [-0.2, 0) is 0 Å². The van der Waals surface area contributed by atoms with E-state index in [1.54, 1.807) is 4.90 Å². The van der Waals surface area contributed by atoms with Crippen LogP contribution in [0.4, 0.5) is 4.79 Å². The van der Waals surface area contributed by atoms with E-state index in [2.05, 4.69) is 19.3 Å². The van der Waals surface area contributed by atoms with Gasteiger partial charge in [0.25, 0.3) is 0 Å². The zero-order chi connectivity index (χ0) is 9.56. The topological polar surface area (TPSA) is 58.4 Å². The summed E-state index contributed by atoms with van der Waals surface area (Å²) in [5.41, 5.74) is 2.13. The second-order valence-corrected chi connectivity index (χ2v) is 3.00. The molecule has 0 heterocycles. The first-order valence-electron chi connectivity index (χ1n) is 4.41. The highest BCUT2D eigenvalue weighted by molar-refractivity contribution is 5.73. The lowest BCUT2D eigenvalue weighted by Crippen LogP contribution is -2.44. The van der Waals surface area contributed by atoms with Crippen LogP contribution in [0.25, 0.3) is 0 Å². The Morgan fingerprint density at radius 3 is 2.50 bits per heavy atom. The number of nitrogens with one attached hydrogen (secondary N) is 1. The van der Waals surface area contributed by atoms with E-state index in [-0.39, 0.29) is 6.03 Å². The third kappa shape index (κ3) is 3.57. The maximum absolute atomic E-state index is 11.1. The van der Waals surface area contributed by atoms with Gasteiger partial charge in [-0.1, -0.05) is 20.3 Å². The Kier molecular flexibility index (Phi) is 5.45. The fourth-order valence-electron chi connectivity index (χ4n) is 0.952. The fraction of sp³-hybridized carbons (Fsp3) is 0.875. The molecule has 1 unspecified atom stereocenters. The van der Waals surface area contributed by atoms with Gasteiger partial charge < -0.3 is 4.90 Å². The lowest BCUT2D eigenvalue weighted by atomic mass is 10.1. The normalized spacial score (nSPS) is 12.3. The van der Waals surface area contributed by atoms with Crippen LogP contribution in [0.5, 0.6) is 0 Å². The summed E-state index contributed by atoms with van der Waals surface area (Å²) in [6.45, 7) is 7.65. The van der Waals surface area contributed by atoms with Crippen molar-refractivity contribution in [2.75, 3.05) is 13.1 Å². The number of hydrogen-bond acceptors (Lipinski definition) is 2. The van der Waals surface area contributed by atoms with Crippen LogP contribution >= 0.6 is 0 Å². The first-order chi connectivity index (χ1) is 5.65. The molecule has 0 saturated heterocycles. The molecule has 0 aromatic rings. The van der Waals surface area contributed by atoms with Crippen molar-refractivity contribution in [2.45, 2.75) is 27.2 Å². The molecule has 3 N–H and O–H groups in total. The number of nitrogens with zero attached hydrogens (tertiary/aromatic N) is 1. The molecule has 0 fully saturated rings. The summed E-state index contributed by atoms with van der Waals surface area (Å²) >= 11 is 0. The first-order valence-corrected chi connectivity index (χ1v) is 4.41. The van der Waals surface area contributed by atoms with Gasteiger partial charge in [0.2, 0.25) is 0 Å². The lowest BCUT2D eigenvalue weighted by Gasteiger charge is -2.22. The summed E-state index contributed by atoms with van der Waals surface area (Å²) in [6.07, 6.45) is 1.08. The number of hydrazine groups is 1. The van der Waals surface area contributed by atoms with Crippen LogP contribution in [-0.4, -0.2) is 24.0 Å². The SMILES string of the molecule is CCC(C)CN(CC)C(=O)NN. The van der Waals surface area contributed by atoms with Gasteiger partial charge in [0.15, 0.2) is 0 Å².